The molecule has 2 aromatic heterocycles. The summed E-state index contributed by atoms with van der Waals surface area (Å²) >= 11 is 1.30. The molecule has 1 saturated heterocycles. The first-order valence-corrected chi connectivity index (χ1v) is 10.5. The molecule has 0 bridgehead atoms. The van der Waals surface area contributed by atoms with Crippen molar-refractivity contribution < 1.29 is 9.18 Å². The van der Waals surface area contributed by atoms with Crippen LogP contribution in [0.1, 0.15) is 38.6 Å². The number of nitrogens with one attached hydrogen (secondary N) is 1. The number of rotatable bonds is 3. The smallest absolute Gasteiger partial charge is 0.275 e. The number of halogens is 1. The summed E-state index contributed by atoms with van der Waals surface area (Å²) in [7, 11) is 0. The van der Waals surface area contributed by atoms with E-state index < -0.39 is 5.41 Å². The van der Waals surface area contributed by atoms with Gasteiger partial charge in [0.1, 0.15) is 17.2 Å². The third-order valence-electron chi connectivity index (χ3n) is 5.97. The van der Waals surface area contributed by atoms with Gasteiger partial charge in [-0.15, -0.1) is 0 Å². The molecule has 0 aliphatic carbocycles. The molecule has 1 aliphatic rings. The highest BCUT2D eigenvalue weighted by molar-refractivity contribution is 7.05. The lowest BCUT2D eigenvalue weighted by Gasteiger charge is -2.27. The Morgan fingerprint density at radius 1 is 1.23 bits per heavy atom. The highest BCUT2D eigenvalue weighted by Crippen LogP contribution is 2.42. The number of hydrogen-bond donors (Lipinski definition) is 1. The van der Waals surface area contributed by atoms with Crippen LogP contribution < -0.4 is 0 Å². The molecule has 1 N–H and O–H groups in total. The SMILES string of the molecule is Cc1ccc2[nH]nc(C(=O)N3CCC(c4ccc(C)c(F)c4)(c4ncns4)C3)c2c1. The molecule has 30 heavy (non-hydrogen) atoms. The summed E-state index contributed by atoms with van der Waals surface area (Å²) in [6.07, 6.45) is 2.17. The molecule has 1 unspecified atom stereocenters. The molecule has 0 radical (unpaired) electrons. The second kappa shape index (κ2) is 6.98. The van der Waals surface area contributed by atoms with E-state index in [-0.39, 0.29) is 11.7 Å². The summed E-state index contributed by atoms with van der Waals surface area (Å²) in [5, 5.41) is 8.84. The Kier molecular flexibility index (Phi) is 4.39. The van der Waals surface area contributed by atoms with E-state index in [0.717, 1.165) is 27.0 Å². The lowest BCUT2D eigenvalue weighted by Crippen LogP contribution is -2.35. The van der Waals surface area contributed by atoms with Crippen LogP contribution in [-0.2, 0) is 5.41 Å². The van der Waals surface area contributed by atoms with Gasteiger partial charge in [0.15, 0.2) is 5.69 Å². The number of nitrogens with zero attached hydrogens (tertiary/aromatic N) is 4. The standard InChI is InChI=1S/C22H20FN5OS/c1-13-3-6-18-16(9-13)19(27-26-18)20(29)28-8-7-22(11-28,21-24-12-25-30-21)15-5-4-14(2)17(23)10-15/h3-6,9-10,12H,7-8,11H2,1-2H3,(H,26,27). The Bertz CT molecular complexity index is 1250. The summed E-state index contributed by atoms with van der Waals surface area (Å²) in [4.78, 5) is 19.6. The predicted octanol–water partition coefficient (Wildman–Crippen LogP) is 4.00. The van der Waals surface area contributed by atoms with Crippen LogP contribution in [-0.4, -0.2) is 43.5 Å². The van der Waals surface area contributed by atoms with Gasteiger partial charge in [-0.3, -0.25) is 9.89 Å². The van der Waals surface area contributed by atoms with Crippen LogP contribution in [0.4, 0.5) is 4.39 Å². The first-order valence-electron chi connectivity index (χ1n) is 9.76. The summed E-state index contributed by atoms with van der Waals surface area (Å²) in [5.74, 6) is -0.388. The number of hydrogen-bond acceptors (Lipinski definition) is 5. The molecule has 4 aromatic rings. The maximum absolute atomic E-state index is 14.4. The lowest BCUT2D eigenvalue weighted by atomic mass is 9.80. The average molecular weight is 422 g/mol. The van der Waals surface area contributed by atoms with Gasteiger partial charge in [0.25, 0.3) is 5.91 Å². The van der Waals surface area contributed by atoms with Gasteiger partial charge < -0.3 is 4.90 Å². The zero-order chi connectivity index (χ0) is 20.9. The molecule has 2 aromatic carbocycles. The molecule has 5 rings (SSSR count). The van der Waals surface area contributed by atoms with Gasteiger partial charge in [-0.1, -0.05) is 23.8 Å². The predicted molar refractivity (Wildman–Crippen MR) is 113 cm³/mol. The van der Waals surface area contributed by atoms with E-state index >= 15 is 0 Å². The summed E-state index contributed by atoms with van der Waals surface area (Å²) in [5.41, 5.74) is 3.15. The zero-order valence-electron chi connectivity index (χ0n) is 16.6. The first kappa shape index (κ1) is 18.9. The fourth-order valence-corrected chi connectivity index (χ4v) is 4.98. The molecule has 3 heterocycles. The van der Waals surface area contributed by atoms with Crippen molar-refractivity contribution in [2.75, 3.05) is 13.1 Å². The highest BCUT2D eigenvalue weighted by atomic mass is 32.1. The van der Waals surface area contributed by atoms with E-state index in [9.17, 15) is 9.18 Å². The molecular weight excluding hydrogens is 401 g/mol. The van der Waals surface area contributed by atoms with E-state index in [1.807, 2.05) is 31.2 Å². The summed E-state index contributed by atoms with van der Waals surface area (Å²) in [6, 6.07) is 11.2. The van der Waals surface area contributed by atoms with Crippen molar-refractivity contribution in [1.29, 1.82) is 0 Å². The van der Waals surface area contributed by atoms with Crippen molar-refractivity contribution in [1.82, 2.24) is 24.5 Å². The minimum absolute atomic E-state index is 0.133. The normalized spacial score (nSPS) is 19.0. The largest absolute Gasteiger partial charge is 0.336 e. The molecule has 1 atom stereocenters. The van der Waals surface area contributed by atoms with Crippen LogP contribution in [0.5, 0.6) is 0 Å². The Hall–Kier alpha value is -3.13. The minimum atomic E-state index is -0.576. The molecule has 6 nitrogen and oxygen atoms in total. The van der Waals surface area contributed by atoms with Gasteiger partial charge in [-0.05, 0) is 61.1 Å². The fourth-order valence-electron chi connectivity index (χ4n) is 4.23. The van der Waals surface area contributed by atoms with Crippen LogP contribution in [0.25, 0.3) is 10.9 Å². The minimum Gasteiger partial charge on any atom is -0.336 e. The number of fused-ring (bicyclic) bond motifs is 1. The fraction of sp³-hybridized carbons (Fsp3) is 0.273. The van der Waals surface area contributed by atoms with E-state index in [0.29, 0.717) is 30.8 Å². The van der Waals surface area contributed by atoms with E-state index in [4.69, 9.17) is 0 Å². The number of likely N-dealkylation sites (tertiary alicyclic amines) is 1. The second-order valence-corrected chi connectivity index (χ2v) is 8.67. The van der Waals surface area contributed by atoms with Crippen LogP contribution in [0.3, 0.4) is 0 Å². The van der Waals surface area contributed by atoms with Crippen molar-refractivity contribution in [2.24, 2.45) is 0 Å². The zero-order valence-corrected chi connectivity index (χ0v) is 17.5. The number of H-pyrrole nitrogens is 1. The molecule has 152 valence electrons. The monoisotopic (exact) mass is 421 g/mol. The maximum atomic E-state index is 14.4. The van der Waals surface area contributed by atoms with E-state index in [2.05, 4.69) is 19.6 Å². The maximum Gasteiger partial charge on any atom is 0.275 e. The third-order valence-corrected chi connectivity index (χ3v) is 6.84. The number of carbonyl (C=O) groups excluding carboxylic acids is 1. The van der Waals surface area contributed by atoms with Gasteiger partial charge in [0.05, 0.1) is 10.9 Å². The van der Waals surface area contributed by atoms with Crippen molar-refractivity contribution in [3.8, 4) is 0 Å². The van der Waals surface area contributed by atoms with Crippen LogP contribution in [0.15, 0.2) is 42.7 Å². The average Bonchev–Trinajstić information content (AvgIpc) is 3.49. The molecular formula is C22H20FN5OS. The lowest BCUT2D eigenvalue weighted by molar-refractivity contribution is 0.0782. The Morgan fingerprint density at radius 3 is 2.87 bits per heavy atom. The van der Waals surface area contributed by atoms with Gasteiger partial charge in [-0.25, -0.2) is 9.37 Å². The van der Waals surface area contributed by atoms with E-state index in [1.54, 1.807) is 24.0 Å². The van der Waals surface area contributed by atoms with Crippen molar-refractivity contribution in [3.63, 3.8) is 0 Å². The quantitative estimate of drug-likeness (QED) is 0.543. The van der Waals surface area contributed by atoms with Gasteiger partial charge in [0.2, 0.25) is 0 Å². The Balaban J connectivity index is 1.54. The summed E-state index contributed by atoms with van der Waals surface area (Å²) < 4.78 is 18.6. The summed E-state index contributed by atoms with van der Waals surface area (Å²) in [6.45, 7) is 4.67. The Morgan fingerprint density at radius 2 is 2.10 bits per heavy atom. The van der Waals surface area contributed by atoms with Gasteiger partial charge in [-0.2, -0.15) is 9.47 Å². The number of amides is 1. The third kappa shape index (κ3) is 2.90. The van der Waals surface area contributed by atoms with Crippen molar-refractivity contribution in [2.45, 2.75) is 25.7 Å². The first-order chi connectivity index (χ1) is 14.5. The van der Waals surface area contributed by atoms with Crippen LogP contribution in [0.2, 0.25) is 0 Å². The van der Waals surface area contributed by atoms with Gasteiger partial charge in [0, 0.05) is 18.5 Å². The highest BCUT2D eigenvalue weighted by Gasteiger charge is 2.46. The topological polar surface area (TPSA) is 74.8 Å². The molecule has 0 saturated carbocycles. The van der Waals surface area contributed by atoms with Gasteiger partial charge >= 0.3 is 0 Å². The van der Waals surface area contributed by atoms with Crippen LogP contribution in [0, 0.1) is 19.7 Å². The molecule has 1 aliphatic heterocycles. The number of aromatic nitrogens is 4. The Labute approximate surface area is 176 Å². The molecule has 1 fully saturated rings. The molecule has 0 spiro atoms. The number of benzene rings is 2. The molecule has 1 amide bonds. The second-order valence-electron chi connectivity index (χ2n) is 7.89. The van der Waals surface area contributed by atoms with E-state index in [1.165, 1.54) is 17.9 Å². The van der Waals surface area contributed by atoms with Crippen molar-refractivity contribution >= 4 is 28.3 Å². The number of aromatic amines is 1. The number of carbonyl (C=O) groups is 1. The number of aryl methyl sites for hydroxylation is 2. The molecule has 8 heteroatoms. The van der Waals surface area contributed by atoms with Crippen LogP contribution >= 0.6 is 11.5 Å². The van der Waals surface area contributed by atoms with Crippen molar-refractivity contribution in [3.05, 3.63) is 75.9 Å².